The number of fused-ring (bicyclic) bond motifs is 2. The molecule has 3 saturated heterocycles. The molecule has 0 saturated carbocycles. The average molecular weight is 845 g/mol. The Labute approximate surface area is 364 Å². The van der Waals surface area contributed by atoms with E-state index in [4.69, 9.17) is 19.5 Å². The zero-order chi connectivity index (χ0) is 44.0. The average Bonchev–Trinajstić information content (AvgIpc) is 4.12. The molecule has 0 spiro atoms. The summed E-state index contributed by atoms with van der Waals surface area (Å²) >= 11 is 0. The molecule has 6 atom stereocenters. The summed E-state index contributed by atoms with van der Waals surface area (Å²) in [6.45, 7) is 9.13. The van der Waals surface area contributed by atoms with Crippen LogP contribution in [0.3, 0.4) is 0 Å². The van der Waals surface area contributed by atoms with Gasteiger partial charge < -0.3 is 29.2 Å². The molecule has 2 bridgehead atoms. The van der Waals surface area contributed by atoms with Crippen LogP contribution in [0.25, 0.3) is 28.0 Å². The van der Waals surface area contributed by atoms with Crippen molar-refractivity contribution in [2.24, 2.45) is 28.7 Å². The van der Waals surface area contributed by atoms with Gasteiger partial charge in [-0.25, -0.2) is 4.98 Å². The van der Waals surface area contributed by atoms with Gasteiger partial charge in [0.1, 0.15) is 5.82 Å². The van der Waals surface area contributed by atoms with Gasteiger partial charge in [0, 0.05) is 44.0 Å². The molecule has 13 nitrogen and oxygen atoms in total. The van der Waals surface area contributed by atoms with Crippen molar-refractivity contribution in [1.29, 1.82) is 0 Å². The first-order valence-corrected chi connectivity index (χ1v) is 22.4. The van der Waals surface area contributed by atoms with Gasteiger partial charge in [-0.3, -0.25) is 29.0 Å². The van der Waals surface area contributed by atoms with Crippen LogP contribution < -0.4 is 0 Å². The quantitative estimate of drug-likeness (QED) is 0.172. The molecule has 328 valence electrons. The minimum atomic E-state index is -0.477. The van der Waals surface area contributed by atoms with Crippen molar-refractivity contribution in [3.8, 4) is 22.4 Å². The maximum absolute atomic E-state index is 13.9. The number of nitrogens with one attached hydrogen (secondary N) is 1. The van der Waals surface area contributed by atoms with E-state index >= 15 is 0 Å². The number of imidazole rings is 1. The van der Waals surface area contributed by atoms with E-state index in [1.54, 1.807) is 0 Å². The third kappa shape index (κ3) is 7.87. The first-order valence-electron chi connectivity index (χ1n) is 22.4. The number of aromatic nitrogens is 2. The molecule has 9 rings (SSSR count). The Bertz CT molecular complexity index is 2310. The van der Waals surface area contributed by atoms with Crippen molar-refractivity contribution in [2.45, 2.75) is 110 Å². The Balaban J connectivity index is 1.03. The van der Waals surface area contributed by atoms with E-state index in [1.165, 1.54) is 19.8 Å². The van der Waals surface area contributed by atoms with Gasteiger partial charge in [-0.05, 0) is 83.8 Å². The van der Waals surface area contributed by atoms with Gasteiger partial charge >= 0.3 is 11.9 Å². The van der Waals surface area contributed by atoms with Crippen molar-refractivity contribution in [3.63, 3.8) is 0 Å². The van der Waals surface area contributed by atoms with Crippen LogP contribution in [0.2, 0.25) is 0 Å². The van der Waals surface area contributed by atoms with E-state index in [0.29, 0.717) is 25.3 Å². The predicted octanol–water partition coefficient (Wildman–Crippen LogP) is 7.64. The smallest absolute Gasteiger partial charge is 0.306 e. The summed E-state index contributed by atoms with van der Waals surface area (Å²) in [6.07, 6.45) is 9.57. The second kappa shape index (κ2) is 17.6. The number of hydrogen-bond acceptors (Lipinski definition) is 9. The highest BCUT2D eigenvalue weighted by Gasteiger charge is 2.46. The van der Waals surface area contributed by atoms with Crippen molar-refractivity contribution >= 4 is 40.9 Å². The molecule has 1 N–H and O–H groups in total. The Kier molecular flexibility index (Phi) is 12.3. The van der Waals surface area contributed by atoms with E-state index in [1.807, 2.05) is 61.8 Å². The summed E-state index contributed by atoms with van der Waals surface area (Å²) in [5.74, 6) is -1.17. The number of aliphatic imine (C=N–C) groups is 1. The van der Waals surface area contributed by atoms with Crippen molar-refractivity contribution in [1.82, 2.24) is 24.7 Å². The molecule has 3 aromatic rings. The summed E-state index contributed by atoms with van der Waals surface area (Å²) in [5, 5.41) is 0. The summed E-state index contributed by atoms with van der Waals surface area (Å²) in [6, 6.07) is 12.5. The molecule has 62 heavy (non-hydrogen) atoms. The Morgan fingerprint density at radius 2 is 1.32 bits per heavy atom. The Morgan fingerprint density at radius 3 is 1.94 bits per heavy atom. The number of methoxy groups -OCH3 is 2. The van der Waals surface area contributed by atoms with E-state index in [-0.39, 0.29) is 78.4 Å². The normalized spacial score (nSPS) is 22.9. The molecule has 13 heteroatoms. The fourth-order valence-corrected chi connectivity index (χ4v) is 10.7. The molecular formula is C49H60N6O7. The molecule has 3 fully saturated rings. The first-order chi connectivity index (χ1) is 29.8. The van der Waals surface area contributed by atoms with E-state index in [0.717, 1.165) is 83.3 Å². The standard InChI is InChI=1S/C49H60N6O7/c1-27(2)35(23-42(56)61-6)48(59)54-20-8-10-39(54)37-22-31(25-50-37)29-12-14-30(15-13-29)32-16-17-33(44-34-18-19-40(45(32)44)53(5)47(34)58)38-26-51-46(52-38)41-11-9-21-55(41)49(60)36(28(3)4)24-43(57)62-7/h12-17,25-28,34-36,39-41H,8-11,18-24H2,1-7H3,(H,51,52)/t34?,35-,36+,39-,40?,41+/m0/s1. The maximum atomic E-state index is 13.9. The second-order valence-electron chi connectivity index (χ2n) is 18.4. The topological polar surface area (TPSA) is 155 Å². The third-order valence-electron chi connectivity index (χ3n) is 14.3. The molecule has 0 radical (unpaired) electrons. The van der Waals surface area contributed by atoms with Gasteiger partial charge in [-0.2, -0.15) is 0 Å². The number of allylic oxidation sites excluding steroid dienone is 1. The number of benzene rings is 2. The molecule has 6 heterocycles. The van der Waals surface area contributed by atoms with Gasteiger partial charge in [0.05, 0.1) is 74.8 Å². The minimum Gasteiger partial charge on any atom is -0.469 e. The van der Waals surface area contributed by atoms with Crippen molar-refractivity contribution in [2.75, 3.05) is 34.4 Å². The number of amides is 3. The van der Waals surface area contributed by atoms with E-state index in [2.05, 4.69) is 41.4 Å². The van der Waals surface area contributed by atoms with Gasteiger partial charge in [0.15, 0.2) is 0 Å². The first kappa shape index (κ1) is 43.1. The van der Waals surface area contributed by atoms with Crippen LogP contribution in [0.4, 0.5) is 0 Å². The van der Waals surface area contributed by atoms with Crippen LogP contribution in [-0.4, -0.2) is 100 Å². The fourth-order valence-electron chi connectivity index (χ4n) is 10.7. The molecule has 2 aromatic carbocycles. The number of nitrogens with zero attached hydrogens (tertiary/aromatic N) is 5. The van der Waals surface area contributed by atoms with Crippen LogP contribution in [0.1, 0.15) is 126 Å². The van der Waals surface area contributed by atoms with Crippen LogP contribution in [0.15, 0.2) is 53.8 Å². The summed E-state index contributed by atoms with van der Waals surface area (Å²) < 4.78 is 9.83. The number of hydrogen-bond donors (Lipinski definition) is 1. The summed E-state index contributed by atoms with van der Waals surface area (Å²) in [5.41, 5.74) is 9.34. The number of ether oxygens (including phenoxy) is 2. The van der Waals surface area contributed by atoms with Gasteiger partial charge in [0.25, 0.3) is 0 Å². The number of H-pyrrole nitrogens is 1. The van der Waals surface area contributed by atoms with Crippen LogP contribution in [0.5, 0.6) is 0 Å². The molecule has 5 aliphatic heterocycles. The second-order valence-corrected chi connectivity index (χ2v) is 18.4. The lowest BCUT2D eigenvalue weighted by molar-refractivity contribution is -0.148. The van der Waals surface area contributed by atoms with Crippen LogP contribution in [-0.2, 0) is 33.4 Å². The molecule has 2 unspecified atom stereocenters. The largest absolute Gasteiger partial charge is 0.469 e. The lowest BCUT2D eigenvalue weighted by Gasteiger charge is -2.46. The Hall–Kier alpha value is -5.59. The van der Waals surface area contributed by atoms with Gasteiger partial charge in [-0.1, -0.05) is 64.1 Å². The minimum absolute atomic E-state index is 0.00224. The maximum Gasteiger partial charge on any atom is 0.306 e. The van der Waals surface area contributed by atoms with Crippen LogP contribution in [0, 0.1) is 23.7 Å². The van der Waals surface area contributed by atoms with Crippen LogP contribution >= 0.6 is 0 Å². The number of aromatic amines is 1. The number of rotatable bonds is 13. The molecule has 1 aromatic heterocycles. The number of carbonyl (C=O) groups excluding carboxylic acids is 5. The third-order valence-corrected chi connectivity index (χ3v) is 14.3. The lowest BCUT2D eigenvalue weighted by atomic mass is 9.70. The monoisotopic (exact) mass is 844 g/mol. The zero-order valence-corrected chi connectivity index (χ0v) is 37.1. The number of esters is 2. The highest BCUT2D eigenvalue weighted by molar-refractivity contribution is 6.03. The fraction of sp³-hybridized carbons (Fsp3) is 0.531. The summed E-state index contributed by atoms with van der Waals surface area (Å²) in [7, 11) is 4.63. The van der Waals surface area contributed by atoms with Gasteiger partial charge in [0.2, 0.25) is 17.7 Å². The number of carbonyl (C=O) groups is 5. The molecular weight excluding hydrogens is 785 g/mol. The zero-order valence-electron chi connectivity index (χ0n) is 37.1. The summed E-state index contributed by atoms with van der Waals surface area (Å²) in [4.78, 5) is 84.9. The number of likely N-dealkylation sites (tertiary alicyclic amines) is 2. The Morgan fingerprint density at radius 1 is 0.742 bits per heavy atom. The highest BCUT2D eigenvalue weighted by atomic mass is 16.5. The van der Waals surface area contributed by atoms with E-state index in [9.17, 15) is 24.0 Å². The van der Waals surface area contributed by atoms with E-state index < -0.39 is 11.8 Å². The molecule has 1 aliphatic carbocycles. The van der Waals surface area contributed by atoms with Crippen molar-refractivity contribution < 1.29 is 33.4 Å². The number of likely N-dealkylation sites (N-methyl/N-ethyl adjacent to an activating group) is 1. The highest BCUT2D eigenvalue weighted by Crippen LogP contribution is 2.53. The van der Waals surface area contributed by atoms with Crippen molar-refractivity contribution in [3.05, 3.63) is 71.3 Å². The number of piperidine rings is 1. The SMILES string of the molecule is COC(=O)C[C@H](C(=O)N1CCC[C@H]1C1=NC=C(c2ccc(-c3ccc(-c4cnc([C@H]5CCCN5C(=O)[C@H](CC(=O)OC)C(C)C)[nH]4)c4c3C3CCC4C(=O)N3C)cc2)C1)C(C)C. The predicted molar refractivity (Wildman–Crippen MR) is 235 cm³/mol. The lowest BCUT2D eigenvalue weighted by Crippen LogP contribution is -2.45. The van der Waals surface area contributed by atoms with Gasteiger partial charge in [-0.15, -0.1) is 0 Å². The molecule has 3 amide bonds. The molecule has 6 aliphatic rings.